The molecule has 7 heteroatoms. The van der Waals surface area contributed by atoms with E-state index in [4.69, 9.17) is 25.8 Å². The van der Waals surface area contributed by atoms with Gasteiger partial charge in [-0.3, -0.25) is 9.69 Å². The van der Waals surface area contributed by atoms with Gasteiger partial charge in [0.25, 0.3) is 0 Å². The van der Waals surface area contributed by atoms with Gasteiger partial charge in [-0.25, -0.2) is 4.79 Å². The van der Waals surface area contributed by atoms with Crippen LogP contribution in [0.5, 0.6) is 11.5 Å². The highest BCUT2D eigenvalue weighted by Crippen LogP contribution is 2.42. The molecular formula is C27H22ClNO5. The van der Waals surface area contributed by atoms with Gasteiger partial charge in [0.15, 0.2) is 5.76 Å². The van der Waals surface area contributed by atoms with Crippen LogP contribution >= 0.6 is 11.6 Å². The summed E-state index contributed by atoms with van der Waals surface area (Å²) in [4.78, 5) is 26.8. The van der Waals surface area contributed by atoms with Gasteiger partial charge in [-0.05, 0) is 54.0 Å². The molecule has 2 aliphatic heterocycles. The normalized spacial score (nSPS) is 15.9. The lowest BCUT2D eigenvalue weighted by Crippen LogP contribution is -2.33. The van der Waals surface area contributed by atoms with E-state index in [1.54, 1.807) is 36.4 Å². The largest absolute Gasteiger partial charge is 0.478 e. The molecule has 172 valence electrons. The summed E-state index contributed by atoms with van der Waals surface area (Å²) in [5.41, 5.74) is 3.65. The van der Waals surface area contributed by atoms with Crippen molar-refractivity contribution >= 4 is 29.4 Å². The minimum absolute atomic E-state index is 0.178. The fourth-order valence-electron chi connectivity index (χ4n) is 4.11. The zero-order valence-corrected chi connectivity index (χ0v) is 19.3. The molecule has 5 rings (SSSR count). The van der Waals surface area contributed by atoms with E-state index in [0.29, 0.717) is 30.2 Å². The lowest BCUT2D eigenvalue weighted by molar-refractivity contribution is 0.0600. The van der Waals surface area contributed by atoms with Crippen LogP contribution in [-0.2, 0) is 17.7 Å². The van der Waals surface area contributed by atoms with E-state index in [-0.39, 0.29) is 11.5 Å². The summed E-state index contributed by atoms with van der Waals surface area (Å²) in [5.74, 6) is 0.919. The number of esters is 1. The summed E-state index contributed by atoms with van der Waals surface area (Å²) in [7, 11) is 1.34. The van der Waals surface area contributed by atoms with Crippen LogP contribution in [0.1, 0.15) is 37.4 Å². The summed E-state index contributed by atoms with van der Waals surface area (Å²) in [6.45, 7) is 1.83. The van der Waals surface area contributed by atoms with Crippen molar-refractivity contribution in [3.8, 4) is 11.5 Å². The van der Waals surface area contributed by atoms with Gasteiger partial charge in [0.1, 0.15) is 18.2 Å². The smallest absolute Gasteiger partial charge is 0.337 e. The quantitative estimate of drug-likeness (QED) is 0.376. The molecule has 0 fully saturated rings. The molecule has 0 saturated heterocycles. The second-order valence-electron chi connectivity index (χ2n) is 8.14. The van der Waals surface area contributed by atoms with E-state index < -0.39 is 5.97 Å². The maximum atomic E-state index is 13.0. The Morgan fingerprint density at radius 1 is 1.12 bits per heavy atom. The number of methoxy groups -OCH3 is 1. The van der Waals surface area contributed by atoms with Crippen LogP contribution in [0.15, 0.2) is 66.4 Å². The number of ketones is 1. The van der Waals surface area contributed by atoms with Crippen molar-refractivity contribution in [2.45, 2.75) is 13.0 Å². The fraction of sp³-hybridized carbons (Fsp3) is 0.185. The number of Topliss-reactive ketones (excluding diaryl/α,β-unsaturated/α-hetero) is 1. The van der Waals surface area contributed by atoms with Crippen molar-refractivity contribution in [1.82, 2.24) is 4.90 Å². The first-order valence-electron chi connectivity index (χ1n) is 10.9. The topological polar surface area (TPSA) is 65.1 Å². The lowest BCUT2D eigenvalue weighted by atomic mass is 10.0. The van der Waals surface area contributed by atoms with Crippen molar-refractivity contribution in [3.05, 3.63) is 99.3 Å². The van der Waals surface area contributed by atoms with Crippen LogP contribution in [0.3, 0.4) is 0 Å². The third kappa shape index (κ3) is 4.30. The van der Waals surface area contributed by atoms with E-state index in [1.165, 1.54) is 7.11 Å². The second-order valence-corrected chi connectivity index (χ2v) is 8.55. The first-order valence-corrected chi connectivity index (χ1v) is 11.3. The van der Waals surface area contributed by atoms with Crippen molar-refractivity contribution in [2.24, 2.45) is 0 Å². The molecule has 2 aliphatic rings. The Morgan fingerprint density at radius 2 is 1.91 bits per heavy atom. The molecule has 0 aliphatic carbocycles. The van der Waals surface area contributed by atoms with Gasteiger partial charge < -0.3 is 14.2 Å². The maximum Gasteiger partial charge on any atom is 0.337 e. The molecule has 0 unspecified atom stereocenters. The van der Waals surface area contributed by atoms with Crippen molar-refractivity contribution in [1.29, 1.82) is 0 Å². The zero-order valence-electron chi connectivity index (χ0n) is 18.5. The Kier molecular flexibility index (Phi) is 6.09. The van der Waals surface area contributed by atoms with Gasteiger partial charge in [-0.2, -0.15) is 0 Å². The molecule has 0 aromatic heterocycles. The van der Waals surface area contributed by atoms with Gasteiger partial charge in [0.2, 0.25) is 5.78 Å². The number of fused-ring (bicyclic) bond motifs is 3. The van der Waals surface area contributed by atoms with E-state index in [9.17, 15) is 9.59 Å². The Labute approximate surface area is 202 Å². The lowest BCUT2D eigenvalue weighted by Gasteiger charge is -2.29. The third-order valence-electron chi connectivity index (χ3n) is 5.97. The van der Waals surface area contributed by atoms with E-state index in [0.717, 1.165) is 40.4 Å². The zero-order chi connectivity index (χ0) is 23.7. The van der Waals surface area contributed by atoms with Crippen LogP contribution in [0.4, 0.5) is 0 Å². The predicted octanol–water partition coefficient (Wildman–Crippen LogP) is 5.14. The highest BCUT2D eigenvalue weighted by atomic mass is 35.5. The number of allylic oxidation sites excluding steroid dienone is 1. The summed E-state index contributed by atoms with van der Waals surface area (Å²) < 4.78 is 16.7. The molecule has 0 saturated carbocycles. The summed E-state index contributed by atoms with van der Waals surface area (Å²) in [6.07, 6.45) is 2.47. The van der Waals surface area contributed by atoms with Crippen LogP contribution < -0.4 is 9.47 Å². The molecular weight excluding hydrogens is 454 g/mol. The Morgan fingerprint density at radius 3 is 2.68 bits per heavy atom. The molecule has 2 heterocycles. The Balaban J connectivity index is 1.34. The Hall–Kier alpha value is -3.61. The molecule has 0 radical (unpaired) electrons. The molecule has 0 amide bonds. The van der Waals surface area contributed by atoms with Crippen molar-refractivity contribution in [2.75, 3.05) is 20.4 Å². The Bertz CT molecular complexity index is 1300. The van der Waals surface area contributed by atoms with E-state index in [2.05, 4.69) is 4.90 Å². The molecule has 0 spiro atoms. The minimum atomic E-state index is -0.412. The number of benzene rings is 3. The first kappa shape index (κ1) is 22.2. The number of rotatable bonds is 5. The molecule has 0 N–H and O–H groups in total. The maximum absolute atomic E-state index is 13.0. The molecule has 0 atom stereocenters. The highest BCUT2D eigenvalue weighted by molar-refractivity contribution is 6.31. The summed E-state index contributed by atoms with van der Waals surface area (Å²) in [6, 6.07) is 18.2. The minimum Gasteiger partial charge on any atom is -0.478 e. The van der Waals surface area contributed by atoms with Crippen molar-refractivity contribution < 1.29 is 23.8 Å². The molecule has 3 aromatic rings. The third-order valence-corrected chi connectivity index (χ3v) is 6.34. The number of carbonyl (C=O) groups is 2. The molecule has 0 bridgehead atoms. The monoisotopic (exact) mass is 475 g/mol. The van der Waals surface area contributed by atoms with Crippen LogP contribution in [0, 0.1) is 0 Å². The standard InChI is InChI=1S/C27H22ClNO5/c1-32-27(31)19-8-6-17(7-9-19)14-24-25(30)20-10-11-23-21(26(20)34-24)15-29(16-33-23)13-12-18-4-2-3-5-22(18)28/h2-11,14H,12-13,15-16H2,1H3/b24-14-. The second kappa shape index (κ2) is 9.33. The molecule has 6 nitrogen and oxygen atoms in total. The van der Waals surface area contributed by atoms with E-state index in [1.807, 2.05) is 30.3 Å². The number of halogens is 1. The number of hydrogen-bond donors (Lipinski definition) is 0. The van der Waals surface area contributed by atoms with Crippen LogP contribution in [-0.4, -0.2) is 37.0 Å². The number of hydrogen-bond acceptors (Lipinski definition) is 6. The number of ether oxygens (including phenoxy) is 3. The van der Waals surface area contributed by atoms with Gasteiger partial charge >= 0.3 is 5.97 Å². The number of nitrogens with zero attached hydrogens (tertiary/aromatic N) is 1. The summed E-state index contributed by atoms with van der Waals surface area (Å²) in [5, 5.41) is 0.755. The molecule has 3 aromatic carbocycles. The van der Waals surface area contributed by atoms with Gasteiger partial charge in [-0.15, -0.1) is 0 Å². The van der Waals surface area contributed by atoms with Crippen LogP contribution in [0.2, 0.25) is 5.02 Å². The van der Waals surface area contributed by atoms with Gasteiger partial charge in [0, 0.05) is 18.1 Å². The average Bonchev–Trinajstić information content (AvgIpc) is 3.19. The average molecular weight is 476 g/mol. The molecule has 34 heavy (non-hydrogen) atoms. The van der Waals surface area contributed by atoms with Crippen molar-refractivity contribution in [3.63, 3.8) is 0 Å². The van der Waals surface area contributed by atoms with Crippen LogP contribution in [0.25, 0.3) is 6.08 Å². The fourth-order valence-corrected chi connectivity index (χ4v) is 4.34. The van der Waals surface area contributed by atoms with Gasteiger partial charge in [0.05, 0.1) is 23.8 Å². The van der Waals surface area contributed by atoms with Gasteiger partial charge in [-0.1, -0.05) is 41.9 Å². The summed E-state index contributed by atoms with van der Waals surface area (Å²) >= 11 is 6.29. The first-order chi connectivity index (χ1) is 16.5. The van der Waals surface area contributed by atoms with E-state index >= 15 is 0 Å². The SMILES string of the molecule is COC(=O)c1ccc(/C=C2\Oc3c(ccc4c3CN(CCc3ccccc3Cl)CO4)C2=O)cc1. The highest BCUT2D eigenvalue weighted by Gasteiger charge is 2.33. The number of carbonyl (C=O) groups excluding carboxylic acids is 2. The predicted molar refractivity (Wildman–Crippen MR) is 128 cm³/mol.